The van der Waals surface area contributed by atoms with Crippen LogP contribution >= 0.6 is 0 Å². The minimum absolute atomic E-state index is 0.0925. The van der Waals surface area contributed by atoms with Crippen LogP contribution in [0.5, 0.6) is 0 Å². The van der Waals surface area contributed by atoms with Crippen molar-refractivity contribution in [3.05, 3.63) is 24.3 Å². The molecule has 0 saturated carbocycles. The second-order valence-electron chi connectivity index (χ2n) is 6.59. The largest absolute Gasteiger partial charge is 0.378 e. The summed E-state index contributed by atoms with van der Waals surface area (Å²) in [4.78, 5) is 13.7. The van der Waals surface area contributed by atoms with E-state index < -0.39 is 15.6 Å². The van der Waals surface area contributed by atoms with E-state index in [9.17, 15) is 13.2 Å². The molecule has 0 aliphatic carbocycles. The van der Waals surface area contributed by atoms with E-state index in [1.807, 2.05) is 13.8 Å². The van der Waals surface area contributed by atoms with E-state index in [-0.39, 0.29) is 10.8 Å². The second kappa shape index (κ2) is 5.89. The van der Waals surface area contributed by atoms with Crippen molar-refractivity contribution in [1.82, 2.24) is 4.31 Å². The number of nitrogens with zero attached hydrogens (tertiary/aromatic N) is 2. The van der Waals surface area contributed by atoms with Crippen LogP contribution in [0.1, 0.15) is 26.7 Å². The minimum atomic E-state index is -3.57. The van der Waals surface area contributed by atoms with Gasteiger partial charge in [0, 0.05) is 25.2 Å². The Labute approximate surface area is 137 Å². The first-order valence-electron chi connectivity index (χ1n) is 7.83. The number of rotatable bonds is 3. The molecule has 0 N–H and O–H groups in total. The molecule has 2 saturated heterocycles. The molecular weight excluding hydrogens is 316 g/mol. The normalized spacial score (nSPS) is 22.5. The van der Waals surface area contributed by atoms with Crippen molar-refractivity contribution in [2.45, 2.75) is 37.1 Å². The van der Waals surface area contributed by atoms with Gasteiger partial charge in [0.15, 0.2) is 0 Å². The fourth-order valence-corrected chi connectivity index (χ4v) is 4.89. The van der Waals surface area contributed by atoms with Gasteiger partial charge >= 0.3 is 0 Å². The van der Waals surface area contributed by atoms with Gasteiger partial charge in [-0.25, -0.2) is 8.42 Å². The quantitative estimate of drug-likeness (QED) is 0.840. The lowest BCUT2D eigenvalue weighted by Gasteiger charge is -2.40. The molecule has 6 nitrogen and oxygen atoms in total. The van der Waals surface area contributed by atoms with Crippen LogP contribution in [0.4, 0.5) is 5.69 Å². The average Bonchev–Trinajstić information content (AvgIpc) is 2.93. The van der Waals surface area contributed by atoms with Crippen molar-refractivity contribution in [2.75, 3.05) is 31.2 Å². The molecule has 0 atom stereocenters. The number of benzene rings is 1. The number of ether oxygens (including phenoxy) is 1. The lowest BCUT2D eigenvalue weighted by atomic mass is 10.1. The second-order valence-corrected chi connectivity index (χ2v) is 8.45. The maximum Gasteiger partial charge on any atom is 0.243 e. The van der Waals surface area contributed by atoms with Crippen molar-refractivity contribution in [2.24, 2.45) is 0 Å². The molecule has 2 aliphatic rings. The lowest BCUT2D eigenvalue weighted by molar-refractivity contribution is -0.117. The van der Waals surface area contributed by atoms with Crippen molar-refractivity contribution in [3.63, 3.8) is 0 Å². The average molecular weight is 338 g/mol. The minimum Gasteiger partial charge on any atom is -0.378 e. The number of sulfonamides is 1. The van der Waals surface area contributed by atoms with Gasteiger partial charge in [0.05, 0.1) is 23.6 Å². The summed E-state index contributed by atoms with van der Waals surface area (Å²) in [5, 5.41) is 0. The van der Waals surface area contributed by atoms with Gasteiger partial charge in [-0.2, -0.15) is 4.31 Å². The zero-order chi connectivity index (χ0) is 16.7. The molecule has 23 heavy (non-hydrogen) atoms. The highest BCUT2D eigenvalue weighted by Gasteiger charge is 2.39. The molecule has 7 heteroatoms. The van der Waals surface area contributed by atoms with Crippen molar-refractivity contribution < 1.29 is 17.9 Å². The monoisotopic (exact) mass is 338 g/mol. The molecule has 126 valence electrons. The first kappa shape index (κ1) is 16.4. The van der Waals surface area contributed by atoms with Crippen molar-refractivity contribution in [3.8, 4) is 0 Å². The van der Waals surface area contributed by atoms with Crippen LogP contribution in [0.15, 0.2) is 29.2 Å². The molecule has 0 radical (unpaired) electrons. The predicted molar refractivity (Wildman–Crippen MR) is 86.8 cm³/mol. The summed E-state index contributed by atoms with van der Waals surface area (Å²) in [5.41, 5.74) is 0.188. The molecule has 1 amide bonds. The molecule has 2 aliphatic heterocycles. The van der Waals surface area contributed by atoms with Gasteiger partial charge in [-0.15, -0.1) is 0 Å². The molecule has 1 aromatic rings. The fourth-order valence-electron chi connectivity index (χ4n) is 3.14. The first-order chi connectivity index (χ1) is 10.8. The van der Waals surface area contributed by atoms with Crippen molar-refractivity contribution in [1.29, 1.82) is 0 Å². The molecular formula is C16H22N2O4S. The fraction of sp³-hybridized carbons (Fsp3) is 0.562. The van der Waals surface area contributed by atoms with Gasteiger partial charge < -0.3 is 9.64 Å². The Morgan fingerprint density at radius 1 is 1.13 bits per heavy atom. The summed E-state index contributed by atoms with van der Waals surface area (Å²) in [7, 11) is -3.57. The van der Waals surface area contributed by atoms with Crippen LogP contribution in [-0.2, 0) is 19.6 Å². The lowest BCUT2D eigenvalue weighted by Crippen LogP contribution is -2.55. The Bertz CT molecular complexity index is 697. The van der Waals surface area contributed by atoms with Crippen LogP contribution in [0.3, 0.4) is 0 Å². The zero-order valence-corrected chi connectivity index (χ0v) is 14.3. The third kappa shape index (κ3) is 3.00. The number of amides is 1. The molecule has 1 aromatic carbocycles. The summed E-state index contributed by atoms with van der Waals surface area (Å²) < 4.78 is 32.7. The number of hydrogen-bond donors (Lipinski definition) is 0. The number of carbonyl (C=O) groups excluding carboxylic acids is 1. The van der Waals surface area contributed by atoms with Crippen LogP contribution in [0.2, 0.25) is 0 Å². The number of carbonyl (C=O) groups is 1. The Hall–Kier alpha value is -1.44. The zero-order valence-electron chi connectivity index (χ0n) is 13.5. The Morgan fingerprint density at radius 3 is 2.39 bits per heavy atom. The van der Waals surface area contributed by atoms with E-state index >= 15 is 0 Å². The Balaban J connectivity index is 1.87. The molecule has 2 heterocycles. The van der Waals surface area contributed by atoms with Crippen LogP contribution in [0.25, 0.3) is 0 Å². The Morgan fingerprint density at radius 2 is 1.83 bits per heavy atom. The molecule has 0 unspecified atom stereocenters. The highest BCUT2D eigenvalue weighted by Crippen LogP contribution is 2.29. The summed E-state index contributed by atoms with van der Waals surface area (Å²) in [6.07, 6.45) is 1.41. The SMILES string of the molecule is CC1(C)COCCN1S(=O)(=O)c1ccc(N2CCCC2=O)cc1. The molecule has 3 rings (SSSR count). The Kier molecular flexibility index (Phi) is 4.20. The third-order valence-corrected chi connectivity index (χ3v) is 6.50. The van der Waals surface area contributed by atoms with Gasteiger partial charge in [-0.05, 0) is 44.5 Å². The molecule has 0 bridgehead atoms. The molecule has 0 spiro atoms. The number of morpholine rings is 1. The van der Waals surface area contributed by atoms with Crippen LogP contribution in [-0.4, -0.2) is 50.5 Å². The topological polar surface area (TPSA) is 66.9 Å². The summed E-state index contributed by atoms with van der Waals surface area (Å²) >= 11 is 0. The van der Waals surface area contributed by atoms with E-state index in [4.69, 9.17) is 4.74 Å². The van der Waals surface area contributed by atoms with Crippen LogP contribution < -0.4 is 4.90 Å². The van der Waals surface area contributed by atoms with E-state index in [2.05, 4.69) is 0 Å². The van der Waals surface area contributed by atoms with Gasteiger partial charge in [0.2, 0.25) is 15.9 Å². The van der Waals surface area contributed by atoms with Gasteiger partial charge in [0.1, 0.15) is 0 Å². The number of anilines is 1. The standard InChI is InChI=1S/C16H22N2O4S/c1-16(2)12-22-11-10-18(16)23(20,21)14-7-5-13(6-8-14)17-9-3-4-15(17)19/h5-8H,3-4,9-12H2,1-2H3. The van der Waals surface area contributed by atoms with E-state index in [1.165, 1.54) is 4.31 Å². The van der Waals surface area contributed by atoms with Gasteiger partial charge in [0.25, 0.3) is 0 Å². The summed E-state index contributed by atoms with van der Waals surface area (Å²) in [6.45, 7) is 5.56. The van der Waals surface area contributed by atoms with Crippen molar-refractivity contribution >= 4 is 21.6 Å². The summed E-state index contributed by atoms with van der Waals surface area (Å²) in [6, 6.07) is 6.59. The third-order valence-electron chi connectivity index (χ3n) is 4.38. The highest BCUT2D eigenvalue weighted by atomic mass is 32.2. The molecule has 2 fully saturated rings. The maximum atomic E-state index is 12.9. The van der Waals surface area contributed by atoms with E-state index in [1.54, 1.807) is 29.2 Å². The van der Waals surface area contributed by atoms with E-state index in [0.717, 1.165) is 12.1 Å². The van der Waals surface area contributed by atoms with Gasteiger partial charge in [-0.1, -0.05) is 0 Å². The number of hydrogen-bond acceptors (Lipinski definition) is 4. The highest BCUT2D eigenvalue weighted by molar-refractivity contribution is 7.89. The summed E-state index contributed by atoms with van der Waals surface area (Å²) in [5.74, 6) is 0.0925. The maximum absolute atomic E-state index is 12.9. The molecule has 0 aromatic heterocycles. The smallest absolute Gasteiger partial charge is 0.243 e. The van der Waals surface area contributed by atoms with E-state index in [0.29, 0.717) is 32.7 Å². The first-order valence-corrected chi connectivity index (χ1v) is 9.27. The van der Waals surface area contributed by atoms with Gasteiger partial charge in [-0.3, -0.25) is 4.79 Å². The van der Waals surface area contributed by atoms with Crippen LogP contribution in [0, 0.1) is 0 Å². The predicted octanol–water partition coefficient (Wildman–Crippen LogP) is 1.61.